The number of hydrogen-bond donors (Lipinski definition) is 0. The summed E-state index contributed by atoms with van der Waals surface area (Å²) in [5, 5.41) is 0.566. The number of hydrogen-bond acceptors (Lipinski definition) is 2. The first-order valence-electron chi connectivity index (χ1n) is 3.30. The third-order valence-electron chi connectivity index (χ3n) is 1.04. The van der Waals surface area contributed by atoms with Crippen molar-refractivity contribution in [3.05, 3.63) is 24.5 Å². The van der Waals surface area contributed by atoms with E-state index in [0.29, 0.717) is 24.3 Å². The van der Waals surface area contributed by atoms with Crippen LogP contribution in [-0.2, 0) is 9.53 Å². The molecule has 0 aliphatic carbocycles. The standard InChI is InChI=1S/C8H11ClO2/c1-3-11-8(10)6-4-5-7(2)9/h3H,1-2,4-6H2. The number of esters is 1. The summed E-state index contributed by atoms with van der Waals surface area (Å²) in [7, 11) is 0. The lowest BCUT2D eigenvalue weighted by atomic mass is 10.2. The van der Waals surface area contributed by atoms with Crippen LogP contribution in [0.4, 0.5) is 0 Å². The molecule has 11 heavy (non-hydrogen) atoms. The Balaban J connectivity index is 3.31. The Labute approximate surface area is 71.5 Å². The lowest BCUT2D eigenvalue weighted by Gasteiger charge is -1.97. The third-order valence-corrected chi connectivity index (χ3v) is 1.23. The summed E-state index contributed by atoms with van der Waals surface area (Å²) in [5.74, 6) is -0.280. The van der Waals surface area contributed by atoms with Crippen LogP contribution >= 0.6 is 11.6 Å². The van der Waals surface area contributed by atoms with E-state index >= 15 is 0 Å². The zero-order valence-electron chi connectivity index (χ0n) is 6.31. The van der Waals surface area contributed by atoms with Gasteiger partial charge in [-0.25, -0.2) is 0 Å². The Bertz CT molecular complexity index is 163. The fourth-order valence-corrected chi connectivity index (χ4v) is 0.710. The van der Waals surface area contributed by atoms with Crippen LogP contribution in [0.3, 0.4) is 0 Å². The average Bonchev–Trinajstić information content (AvgIpc) is 1.87. The first-order chi connectivity index (χ1) is 5.16. The Morgan fingerprint density at radius 2 is 2.18 bits per heavy atom. The highest BCUT2D eigenvalue weighted by Gasteiger charge is 1.99. The summed E-state index contributed by atoms with van der Waals surface area (Å²) in [5.41, 5.74) is 0. The molecule has 0 radical (unpaired) electrons. The number of allylic oxidation sites excluding steroid dienone is 1. The van der Waals surface area contributed by atoms with Gasteiger partial charge in [0, 0.05) is 11.5 Å². The second-order valence-corrected chi connectivity index (χ2v) is 2.56. The lowest BCUT2D eigenvalue weighted by Crippen LogP contribution is -1.98. The van der Waals surface area contributed by atoms with Crippen molar-refractivity contribution in [1.29, 1.82) is 0 Å². The molecule has 0 unspecified atom stereocenters. The van der Waals surface area contributed by atoms with E-state index in [2.05, 4.69) is 17.9 Å². The molecule has 0 aromatic rings. The number of halogens is 1. The predicted molar refractivity (Wildman–Crippen MR) is 45.1 cm³/mol. The maximum atomic E-state index is 10.7. The first-order valence-corrected chi connectivity index (χ1v) is 3.68. The number of carbonyl (C=O) groups excluding carboxylic acids is 1. The summed E-state index contributed by atoms with van der Waals surface area (Å²) < 4.78 is 4.48. The molecule has 0 aromatic heterocycles. The van der Waals surface area contributed by atoms with Crippen molar-refractivity contribution in [1.82, 2.24) is 0 Å². The van der Waals surface area contributed by atoms with Gasteiger partial charge in [0.05, 0.1) is 6.26 Å². The van der Waals surface area contributed by atoms with Crippen molar-refractivity contribution in [2.75, 3.05) is 0 Å². The van der Waals surface area contributed by atoms with E-state index in [9.17, 15) is 4.79 Å². The van der Waals surface area contributed by atoms with Gasteiger partial charge >= 0.3 is 5.97 Å². The molecule has 0 rings (SSSR count). The van der Waals surface area contributed by atoms with Gasteiger partial charge in [0.15, 0.2) is 0 Å². The maximum Gasteiger partial charge on any atom is 0.310 e. The van der Waals surface area contributed by atoms with Crippen LogP contribution < -0.4 is 0 Å². The van der Waals surface area contributed by atoms with E-state index < -0.39 is 0 Å². The van der Waals surface area contributed by atoms with Crippen molar-refractivity contribution in [3.63, 3.8) is 0 Å². The van der Waals surface area contributed by atoms with Crippen LogP contribution in [0.5, 0.6) is 0 Å². The largest absolute Gasteiger partial charge is 0.435 e. The molecule has 0 aliphatic rings. The molecule has 0 saturated heterocycles. The molecular formula is C8H11ClO2. The Morgan fingerprint density at radius 3 is 2.64 bits per heavy atom. The van der Waals surface area contributed by atoms with Gasteiger partial charge < -0.3 is 4.74 Å². The highest BCUT2D eigenvalue weighted by Crippen LogP contribution is 2.08. The number of carbonyl (C=O) groups is 1. The quantitative estimate of drug-likeness (QED) is 0.473. The second-order valence-electron chi connectivity index (χ2n) is 2.03. The van der Waals surface area contributed by atoms with E-state index in [1.54, 1.807) is 0 Å². The van der Waals surface area contributed by atoms with Gasteiger partial charge in [0.1, 0.15) is 0 Å². The molecule has 0 atom stereocenters. The molecule has 0 heterocycles. The molecule has 62 valence electrons. The molecule has 0 spiro atoms. The van der Waals surface area contributed by atoms with Crippen molar-refractivity contribution >= 4 is 17.6 Å². The van der Waals surface area contributed by atoms with Crippen LogP contribution in [0.1, 0.15) is 19.3 Å². The van der Waals surface area contributed by atoms with E-state index in [0.717, 1.165) is 6.26 Å². The van der Waals surface area contributed by atoms with Gasteiger partial charge in [-0.15, -0.1) is 0 Å². The highest BCUT2D eigenvalue weighted by molar-refractivity contribution is 6.29. The number of ether oxygens (including phenoxy) is 1. The Morgan fingerprint density at radius 1 is 1.55 bits per heavy atom. The van der Waals surface area contributed by atoms with Gasteiger partial charge in [-0.1, -0.05) is 24.8 Å². The highest BCUT2D eigenvalue weighted by atomic mass is 35.5. The molecule has 0 aromatic carbocycles. The summed E-state index contributed by atoms with van der Waals surface area (Å²) in [6.07, 6.45) is 2.80. The van der Waals surface area contributed by atoms with Gasteiger partial charge in [-0.05, 0) is 12.8 Å². The maximum absolute atomic E-state index is 10.7. The lowest BCUT2D eigenvalue weighted by molar-refractivity contribution is -0.138. The SMILES string of the molecule is C=COC(=O)CCCC(=C)Cl. The molecule has 0 N–H and O–H groups in total. The normalized spacial score (nSPS) is 8.82. The zero-order valence-corrected chi connectivity index (χ0v) is 7.06. The predicted octanol–water partition coefficient (Wildman–Crippen LogP) is 2.60. The summed E-state index contributed by atoms with van der Waals surface area (Å²) >= 11 is 5.47. The van der Waals surface area contributed by atoms with Crippen molar-refractivity contribution in [2.45, 2.75) is 19.3 Å². The fraction of sp³-hybridized carbons (Fsp3) is 0.375. The molecule has 0 amide bonds. The molecule has 0 saturated carbocycles. The first kappa shape index (κ1) is 10.2. The van der Waals surface area contributed by atoms with E-state index in [1.807, 2.05) is 0 Å². The van der Waals surface area contributed by atoms with E-state index in [4.69, 9.17) is 11.6 Å². The smallest absolute Gasteiger partial charge is 0.310 e. The summed E-state index contributed by atoms with van der Waals surface area (Å²) in [6, 6.07) is 0. The van der Waals surface area contributed by atoms with Gasteiger partial charge in [0.25, 0.3) is 0 Å². The second kappa shape index (κ2) is 5.98. The molecule has 0 bridgehead atoms. The van der Waals surface area contributed by atoms with E-state index in [1.165, 1.54) is 0 Å². The zero-order chi connectivity index (χ0) is 8.69. The average molecular weight is 175 g/mol. The van der Waals surface area contributed by atoms with Crippen molar-refractivity contribution in [3.8, 4) is 0 Å². The topological polar surface area (TPSA) is 26.3 Å². The molecule has 3 heteroatoms. The molecular weight excluding hydrogens is 164 g/mol. The van der Waals surface area contributed by atoms with Crippen molar-refractivity contribution in [2.24, 2.45) is 0 Å². The Kier molecular flexibility index (Phi) is 5.57. The Hall–Kier alpha value is -0.760. The minimum Gasteiger partial charge on any atom is -0.435 e. The van der Waals surface area contributed by atoms with E-state index in [-0.39, 0.29) is 5.97 Å². The summed E-state index contributed by atoms with van der Waals surface area (Å²) in [4.78, 5) is 10.7. The summed E-state index contributed by atoms with van der Waals surface area (Å²) in [6.45, 7) is 6.75. The van der Waals surface area contributed by atoms with Gasteiger partial charge in [-0.2, -0.15) is 0 Å². The van der Waals surface area contributed by atoms with Crippen LogP contribution in [0, 0.1) is 0 Å². The molecule has 2 nitrogen and oxygen atoms in total. The van der Waals surface area contributed by atoms with Gasteiger partial charge in [0.2, 0.25) is 0 Å². The van der Waals surface area contributed by atoms with Gasteiger partial charge in [-0.3, -0.25) is 4.79 Å². The van der Waals surface area contributed by atoms with Crippen LogP contribution in [-0.4, -0.2) is 5.97 Å². The minimum absolute atomic E-state index is 0.280. The molecule has 0 aliphatic heterocycles. The fourth-order valence-electron chi connectivity index (χ4n) is 0.576. The van der Waals surface area contributed by atoms with Crippen LogP contribution in [0.15, 0.2) is 24.5 Å². The van der Waals surface area contributed by atoms with Crippen LogP contribution in [0.25, 0.3) is 0 Å². The van der Waals surface area contributed by atoms with Crippen molar-refractivity contribution < 1.29 is 9.53 Å². The van der Waals surface area contributed by atoms with Crippen LogP contribution in [0.2, 0.25) is 0 Å². The third kappa shape index (κ3) is 7.13. The number of rotatable bonds is 5. The minimum atomic E-state index is -0.280. The molecule has 0 fully saturated rings. The monoisotopic (exact) mass is 174 g/mol.